The van der Waals surface area contributed by atoms with Gasteiger partial charge in [-0.05, 0) is 55.0 Å². The Morgan fingerprint density at radius 1 is 1.13 bits per heavy atom. The predicted octanol–water partition coefficient (Wildman–Crippen LogP) is 4.16. The van der Waals surface area contributed by atoms with Crippen molar-refractivity contribution in [1.82, 2.24) is 5.32 Å². The summed E-state index contributed by atoms with van der Waals surface area (Å²) in [6.07, 6.45) is 4.31. The fourth-order valence-corrected chi connectivity index (χ4v) is 3.39. The minimum atomic E-state index is -0.181. The van der Waals surface area contributed by atoms with Crippen molar-refractivity contribution in [3.05, 3.63) is 64.1 Å². The maximum atomic E-state index is 12.4. The summed E-state index contributed by atoms with van der Waals surface area (Å²) >= 11 is 3.46. The standard InChI is InChI=1S/C19H21BrN2O/c20-16-9-7-15(8-10-16)19(12-3-13-19)22-18(23)11-6-14-4-1-2-5-17(14)21/h1-2,4-5,7-10H,3,6,11-13,21H2,(H,22,23). The summed E-state index contributed by atoms with van der Waals surface area (Å²) in [5, 5.41) is 3.26. The van der Waals surface area contributed by atoms with Gasteiger partial charge < -0.3 is 11.1 Å². The van der Waals surface area contributed by atoms with Gasteiger partial charge in [0.2, 0.25) is 5.91 Å². The number of rotatable bonds is 5. The molecule has 1 saturated carbocycles. The van der Waals surface area contributed by atoms with Crippen LogP contribution in [0.1, 0.15) is 36.8 Å². The maximum Gasteiger partial charge on any atom is 0.221 e. The minimum absolute atomic E-state index is 0.0934. The number of aryl methyl sites for hydroxylation is 1. The van der Waals surface area contributed by atoms with E-state index in [0.717, 1.165) is 35.0 Å². The predicted molar refractivity (Wildman–Crippen MR) is 97.0 cm³/mol. The molecule has 1 fully saturated rings. The molecule has 1 aliphatic carbocycles. The summed E-state index contributed by atoms with van der Waals surface area (Å²) in [4.78, 5) is 12.4. The number of carbonyl (C=O) groups is 1. The lowest BCUT2D eigenvalue weighted by molar-refractivity contribution is -0.124. The topological polar surface area (TPSA) is 55.1 Å². The van der Waals surface area contributed by atoms with Gasteiger partial charge in [-0.2, -0.15) is 0 Å². The fourth-order valence-electron chi connectivity index (χ4n) is 3.12. The van der Waals surface area contributed by atoms with Gasteiger partial charge in [-0.25, -0.2) is 0 Å². The second-order valence-corrected chi connectivity index (χ2v) is 7.11. The molecule has 1 aliphatic rings. The molecule has 0 atom stereocenters. The quantitative estimate of drug-likeness (QED) is 0.774. The van der Waals surface area contributed by atoms with Gasteiger partial charge in [0, 0.05) is 16.6 Å². The molecule has 0 heterocycles. The van der Waals surface area contributed by atoms with Crippen LogP contribution in [-0.2, 0) is 16.8 Å². The number of nitrogens with one attached hydrogen (secondary N) is 1. The van der Waals surface area contributed by atoms with Gasteiger partial charge in [-0.3, -0.25) is 4.79 Å². The molecule has 2 aromatic carbocycles. The highest BCUT2D eigenvalue weighted by atomic mass is 79.9. The summed E-state index contributed by atoms with van der Waals surface area (Å²) in [5.41, 5.74) is 8.75. The second kappa shape index (κ2) is 6.75. The van der Waals surface area contributed by atoms with Gasteiger partial charge >= 0.3 is 0 Å². The number of nitrogens with two attached hydrogens (primary N) is 1. The van der Waals surface area contributed by atoms with Crippen molar-refractivity contribution in [1.29, 1.82) is 0 Å². The maximum absolute atomic E-state index is 12.4. The van der Waals surface area contributed by atoms with Crippen LogP contribution in [0.2, 0.25) is 0 Å². The van der Waals surface area contributed by atoms with Crippen LogP contribution in [0.15, 0.2) is 53.0 Å². The summed E-state index contributed by atoms with van der Waals surface area (Å²) in [6, 6.07) is 16.0. The fraction of sp³-hybridized carbons (Fsp3) is 0.316. The Morgan fingerprint density at radius 3 is 2.43 bits per heavy atom. The van der Waals surface area contributed by atoms with E-state index in [0.29, 0.717) is 12.8 Å². The zero-order valence-corrected chi connectivity index (χ0v) is 14.6. The van der Waals surface area contributed by atoms with Gasteiger partial charge in [0.25, 0.3) is 0 Å². The Morgan fingerprint density at radius 2 is 1.83 bits per heavy atom. The Hall–Kier alpha value is -1.81. The summed E-state index contributed by atoms with van der Waals surface area (Å²) < 4.78 is 1.06. The van der Waals surface area contributed by atoms with Gasteiger partial charge in [0.1, 0.15) is 0 Å². The number of amides is 1. The van der Waals surface area contributed by atoms with Crippen LogP contribution in [0.5, 0.6) is 0 Å². The van der Waals surface area contributed by atoms with E-state index in [4.69, 9.17) is 5.73 Å². The van der Waals surface area contributed by atoms with Crippen LogP contribution in [0.25, 0.3) is 0 Å². The number of hydrogen-bond donors (Lipinski definition) is 2. The monoisotopic (exact) mass is 372 g/mol. The van der Waals surface area contributed by atoms with Crippen molar-refractivity contribution in [2.45, 2.75) is 37.6 Å². The molecule has 0 bridgehead atoms. The van der Waals surface area contributed by atoms with Crippen LogP contribution in [0, 0.1) is 0 Å². The van der Waals surface area contributed by atoms with Crippen LogP contribution < -0.4 is 11.1 Å². The van der Waals surface area contributed by atoms with E-state index < -0.39 is 0 Å². The lowest BCUT2D eigenvalue weighted by atomic mass is 9.71. The number of carbonyl (C=O) groups excluding carboxylic acids is 1. The summed E-state index contributed by atoms with van der Waals surface area (Å²) in [7, 11) is 0. The van der Waals surface area contributed by atoms with Gasteiger partial charge in [0.15, 0.2) is 0 Å². The Kier molecular flexibility index (Phi) is 4.71. The zero-order valence-electron chi connectivity index (χ0n) is 13.0. The van der Waals surface area contributed by atoms with Crippen molar-refractivity contribution >= 4 is 27.5 Å². The highest BCUT2D eigenvalue weighted by Crippen LogP contribution is 2.41. The van der Waals surface area contributed by atoms with E-state index in [9.17, 15) is 4.79 Å². The van der Waals surface area contributed by atoms with Crippen LogP contribution in [0.4, 0.5) is 5.69 Å². The van der Waals surface area contributed by atoms with E-state index in [1.165, 1.54) is 5.56 Å². The van der Waals surface area contributed by atoms with Crippen molar-refractivity contribution in [2.75, 3.05) is 5.73 Å². The number of halogens is 1. The first-order valence-electron chi connectivity index (χ1n) is 7.99. The van der Waals surface area contributed by atoms with Crippen molar-refractivity contribution in [3.63, 3.8) is 0 Å². The average Bonchev–Trinajstić information content (AvgIpc) is 2.51. The molecule has 3 nitrogen and oxygen atoms in total. The molecule has 3 N–H and O–H groups in total. The van der Waals surface area contributed by atoms with Gasteiger partial charge in [-0.1, -0.05) is 46.3 Å². The molecule has 0 aliphatic heterocycles. The highest BCUT2D eigenvalue weighted by Gasteiger charge is 2.39. The Labute approximate surface area is 145 Å². The molecule has 0 radical (unpaired) electrons. The molecular weight excluding hydrogens is 352 g/mol. The molecular formula is C19H21BrN2O. The molecule has 2 aromatic rings. The first kappa shape index (κ1) is 16.1. The number of benzene rings is 2. The number of hydrogen-bond acceptors (Lipinski definition) is 2. The van der Waals surface area contributed by atoms with Crippen LogP contribution >= 0.6 is 15.9 Å². The molecule has 0 unspecified atom stereocenters. The first-order valence-corrected chi connectivity index (χ1v) is 8.79. The van der Waals surface area contributed by atoms with E-state index in [1.54, 1.807) is 0 Å². The molecule has 23 heavy (non-hydrogen) atoms. The largest absolute Gasteiger partial charge is 0.399 e. The normalized spacial score (nSPS) is 15.7. The van der Waals surface area contributed by atoms with Gasteiger partial charge in [0.05, 0.1) is 5.54 Å². The number of anilines is 1. The molecule has 0 spiro atoms. The Bertz CT molecular complexity index is 693. The molecule has 0 aromatic heterocycles. The van der Waals surface area contributed by atoms with E-state index in [-0.39, 0.29) is 11.4 Å². The van der Waals surface area contributed by atoms with Crippen molar-refractivity contribution < 1.29 is 4.79 Å². The molecule has 1 amide bonds. The molecule has 0 saturated heterocycles. The molecule has 120 valence electrons. The highest BCUT2D eigenvalue weighted by molar-refractivity contribution is 9.10. The van der Waals surface area contributed by atoms with Gasteiger partial charge in [-0.15, -0.1) is 0 Å². The number of para-hydroxylation sites is 1. The molecule has 4 heteroatoms. The first-order chi connectivity index (χ1) is 11.1. The Balaban J connectivity index is 1.64. The lowest BCUT2D eigenvalue weighted by Crippen LogP contribution is -2.50. The van der Waals surface area contributed by atoms with E-state index in [2.05, 4.69) is 33.4 Å². The third-order valence-electron chi connectivity index (χ3n) is 4.66. The molecule has 3 rings (SSSR count). The SMILES string of the molecule is Nc1ccccc1CCC(=O)NC1(c2ccc(Br)cc2)CCC1. The summed E-state index contributed by atoms with van der Waals surface area (Å²) in [5.74, 6) is 0.0934. The second-order valence-electron chi connectivity index (χ2n) is 6.19. The van der Waals surface area contributed by atoms with Crippen molar-refractivity contribution in [2.24, 2.45) is 0 Å². The number of nitrogen functional groups attached to an aromatic ring is 1. The average molecular weight is 373 g/mol. The van der Waals surface area contributed by atoms with Crippen LogP contribution in [0.3, 0.4) is 0 Å². The van der Waals surface area contributed by atoms with Crippen LogP contribution in [-0.4, -0.2) is 5.91 Å². The van der Waals surface area contributed by atoms with E-state index in [1.807, 2.05) is 36.4 Å². The lowest BCUT2D eigenvalue weighted by Gasteiger charge is -2.43. The summed E-state index contributed by atoms with van der Waals surface area (Å²) in [6.45, 7) is 0. The third kappa shape index (κ3) is 3.58. The van der Waals surface area contributed by atoms with Crippen molar-refractivity contribution in [3.8, 4) is 0 Å². The third-order valence-corrected chi connectivity index (χ3v) is 5.19. The smallest absolute Gasteiger partial charge is 0.221 e. The minimum Gasteiger partial charge on any atom is -0.399 e. The zero-order chi connectivity index (χ0) is 16.3. The van der Waals surface area contributed by atoms with E-state index >= 15 is 0 Å².